The first kappa shape index (κ1) is 14.8. The number of morpholine rings is 1. The number of amides is 1. The fourth-order valence-corrected chi connectivity index (χ4v) is 2.33. The van der Waals surface area contributed by atoms with Gasteiger partial charge >= 0.3 is 0 Å². The first-order valence-corrected chi connectivity index (χ1v) is 6.41. The zero-order valence-electron chi connectivity index (χ0n) is 11.3. The van der Waals surface area contributed by atoms with E-state index in [1.165, 1.54) is 0 Å². The highest BCUT2D eigenvalue weighted by atomic mass is 16.5. The number of oxime groups is 1. The predicted molar refractivity (Wildman–Crippen MR) is 68.4 cm³/mol. The van der Waals surface area contributed by atoms with E-state index in [1.807, 2.05) is 20.8 Å². The van der Waals surface area contributed by atoms with Crippen LogP contribution in [0.15, 0.2) is 5.16 Å². The monoisotopic (exact) mass is 257 g/mol. The summed E-state index contributed by atoms with van der Waals surface area (Å²) >= 11 is 0. The van der Waals surface area contributed by atoms with Crippen molar-refractivity contribution in [2.24, 2.45) is 16.8 Å². The summed E-state index contributed by atoms with van der Waals surface area (Å²) in [5.74, 6) is -0.611. The number of hydrogen-bond donors (Lipinski definition) is 2. The van der Waals surface area contributed by atoms with E-state index in [-0.39, 0.29) is 24.0 Å². The van der Waals surface area contributed by atoms with E-state index in [9.17, 15) is 4.79 Å². The third kappa shape index (κ3) is 3.60. The van der Waals surface area contributed by atoms with Crippen LogP contribution in [0.2, 0.25) is 0 Å². The van der Waals surface area contributed by atoms with Gasteiger partial charge in [0.1, 0.15) is 0 Å². The highest BCUT2D eigenvalue weighted by Crippen LogP contribution is 2.17. The minimum atomic E-state index is -0.530. The van der Waals surface area contributed by atoms with Gasteiger partial charge in [-0.05, 0) is 20.3 Å². The molecule has 0 radical (unpaired) electrons. The summed E-state index contributed by atoms with van der Waals surface area (Å²) < 4.78 is 5.59. The van der Waals surface area contributed by atoms with Crippen LogP contribution in [0.25, 0.3) is 0 Å². The van der Waals surface area contributed by atoms with Crippen molar-refractivity contribution in [3.05, 3.63) is 0 Å². The number of carbonyl (C=O) groups is 1. The van der Waals surface area contributed by atoms with Gasteiger partial charge in [-0.25, -0.2) is 0 Å². The molecular formula is C12H23N3O3. The maximum atomic E-state index is 12.4. The highest BCUT2D eigenvalue weighted by Gasteiger charge is 2.32. The first-order chi connectivity index (χ1) is 8.49. The Kier molecular flexibility index (Phi) is 5.40. The van der Waals surface area contributed by atoms with E-state index in [2.05, 4.69) is 5.16 Å². The standard InChI is InChI=1S/C12H23N3O3/c1-4-5-10(11(13)14-17)12(16)15-6-8(2)18-9(3)7-15/h8-10,17H,4-7H2,1-3H3,(H2,13,14)/t8-,9+,10?. The van der Waals surface area contributed by atoms with Crippen LogP contribution in [-0.4, -0.2) is 47.1 Å². The Labute approximate surface area is 108 Å². The first-order valence-electron chi connectivity index (χ1n) is 6.41. The summed E-state index contributed by atoms with van der Waals surface area (Å²) in [5, 5.41) is 11.7. The average molecular weight is 257 g/mol. The molecule has 1 amide bonds. The van der Waals surface area contributed by atoms with Gasteiger partial charge in [-0.1, -0.05) is 18.5 Å². The smallest absolute Gasteiger partial charge is 0.233 e. The van der Waals surface area contributed by atoms with Crippen molar-refractivity contribution in [2.45, 2.75) is 45.8 Å². The van der Waals surface area contributed by atoms with Crippen molar-refractivity contribution in [2.75, 3.05) is 13.1 Å². The van der Waals surface area contributed by atoms with Crippen molar-refractivity contribution in [1.29, 1.82) is 0 Å². The van der Waals surface area contributed by atoms with Crippen molar-refractivity contribution in [3.8, 4) is 0 Å². The molecule has 0 bridgehead atoms. The van der Waals surface area contributed by atoms with Crippen LogP contribution in [-0.2, 0) is 9.53 Å². The summed E-state index contributed by atoms with van der Waals surface area (Å²) in [7, 11) is 0. The van der Waals surface area contributed by atoms with E-state index in [4.69, 9.17) is 15.7 Å². The van der Waals surface area contributed by atoms with Gasteiger partial charge in [0.05, 0.1) is 18.1 Å². The molecule has 0 spiro atoms. The molecule has 1 rings (SSSR count). The lowest BCUT2D eigenvalue weighted by Gasteiger charge is -2.37. The number of amidine groups is 1. The summed E-state index contributed by atoms with van der Waals surface area (Å²) in [4.78, 5) is 14.1. The minimum Gasteiger partial charge on any atom is -0.409 e. The van der Waals surface area contributed by atoms with Gasteiger partial charge in [0.2, 0.25) is 5.91 Å². The number of carbonyl (C=O) groups excluding carboxylic acids is 1. The SMILES string of the molecule is CCCC(C(=O)N1C[C@@H](C)O[C@@H](C)C1)C(N)=NO. The zero-order valence-corrected chi connectivity index (χ0v) is 11.3. The second-order valence-corrected chi connectivity index (χ2v) is 4.87. The molecule has 1 fully saturated rings. The van der Waals surface area contributed by atoms with E-state index < -0.39 is 5.92 Å². The van der Waals surface area contributed by atoms with Crippen LogP contribution in [0, 0.1) is 5.92 Å². The highest BCUT2D eigenvalue weighted by molar-refractivity contribution is 6.02. The Morgan fingerprint density at radius 3 is 2.50 bits per heavy atom. The van der Waals surface area contributed by atoms with Crippen LogP contribution < -0.4 is 5.73 Å². The summed E-state index contributed by atoms with van der Waals surface area (Å²) in [5.41, 5.74) is 5.60. The fourth-order valence-electron chi connectivity index (χ4n) is 2.33. The van der Waals surface area contributed by atoms with Crippen LogP contribution >= 0.6 is 0 Å². The number of hydrogen-bond acceptors (Lipinski definition) is 4. The van der Waals surface area contributed by atoms with E-state index in [1.54, 1.807) is 4.90 Å². The lowest BCUT2D eigenvalue weighted by molar-refractivity contribution is -0.145. The number of ether oxygens (including phenoxy) is 1. The van der Waals surface area contributed by atoms with E-state index in [0.29, 0.717) is 19.5 Å². The maximum absolute atomic E-state index is 12.4. The molecule has 0 aliphatic carbocycles. The Morgan fingerprint density at radius 2 is 2.06 bits per heavy atom. The molecule has 3 N–H and O–H groups in total. The lowest BCUT2D eigenvalue weighted by Crippen LogP contribution is -2.51. The topological polar surface area (TPSA) is 88.2 Å². The third-order valence-corrected chi connectivity index (χ3v) is 3.08. The fraction of sp³-hybridized carbons (Fsp3) is 0.833. The molecule has 1 unspecified atom stereocenters. The molecule has 104 valence electrons. The molecule has 1 aliphatic heterocycles. The van der Waals surface area contributed by atoms with Crippen LogP contribution in [0.5, 0.6) is 0 Å². The second kappa shape index (κ2) is 6.58. The van der Waals surface area contributed by atoms with E-state index >= 15 is 0 Å². The molecular weight excluding hydrogens is 234 g/mol. The molecule has 0 aromatic rings. The minimum absolute atomic E-state index is 0.00588. The Hall–Kier alpha value is -1.30. The Balaban J connectivity index is 2.76. The Bertz CT molecular complexity index is 310. The van der Waals surface area contributed by atoms with Crippen LogP contribution in [0.3, 0.4) is 0 Å². The van der Waals surface area contributed by atoms with Gasteiger partial charge < -0.3 is 20.6 Å². The molecule has 1 heterocycles. The molecule has 1 saturated heterocycles. The van der Waals surface area contributed by atoms with Crippen molar-refractivity contribution < 1.29 is 14.7 Å². The number of nitrogens with two attached hydrogens (primary N) is 1. The van der Waals surface area contributed by atoms with E-state index in [0.717, 1.165) is 6.42 Å². The number of rotatable bonds is 4. The quantitative estimate of drug-likeness (QED) is 0.337. The zero-order chi connectivity index (χ0) is 13.7. The summed E-state index contributed by atoms with van der Waals surface area (Å²) in [6, 6.07) is 0. The summed E-state index contributed by atoms with van der Waals surface area (Å²) in [6.45, 7) is 6.96. The van der Waals surface area contributed by atoms with Gasteiger partial charge in [-0.2, -0.15) is 0 Å². The molecule has 3 atom stereocenters. The van der Waals surface area contributed by atoms with Gasteiger partial charge in [0, 0.05) is 13.1 Å². The molecule has 6 heteroatoms. The maximum Gasteiger partial charge on any atom is 0.233 e. The van der Waals surface area contributed by atoms with Crippen molar-refractivity contribution in [1.82, 2.24) is 4.90 Å². The van der Waals surface area contributed by atoms with Gasteiger partial charge in [0.25, 0.3) is 0 Å². The predicted octanol–water partition coefficient (Wildman–Crippen LogP) is 0.785. The molecule has 0 aromatic carbocycles. The second-order valence-electron chi connectivity index (χ2n) is 4.87. The molecule has 6 nitrogen and oxygen atoms in total. The average Bonchev–Trinajstić information content (AvgIpc) is 2.33. The van der Waals surface area contributed by atoms with Crippen molar-refractivity contribution in [3.63, 3.8) is 0 Å². The van der Waals surface area contributed by atoms with Gasteiger partial charge in [-0.15, -0.1) is 0 Å². The lowest BCUT2D eigenvalue weighted by atomic mass is 10.00. The van der Waals surface area contributed by atoms with Crippen molar-refractivity contribution >= 4 is 11.7 Å². The third-order valence-electron chi connectivity index (χ3n) is 3.08. The van der Waals surface area contributed by atoms with Crippen LogP contribution in [0.4, 0.5) is 0 Å². The van der Waals surface area contributed by atoms with Gasteiger partial charge in [0.15, 0.2) is 5.84 Å². The normalized spacial score (nSPS) is 27.1. The molecule has 18 heavy (non-hydrogen) atoms. The van der Waals surface area contributed by atoms with Crippen LogP contribution in [0.1, 0.15) is 33.6 Å². The van der Waals surface area contributed by atoms with Gasteiger partial charge in [-0.3, -0.25) is 4.79 Å². The number of nitrogens with zero attached hydrogens (tertiary/aromatic N) is 2. The molecule has 0 aromatic heterocycles. The summed E-state index contributed by atoms with van der Waals surface area (Å²) in [6.07, 6.45) is 1.44. The Morgan fingerprint density at radius 1 is 1.50 bits per heavy atom. The molecule has 0 saturated carbocycles. The largest absolute Gasteiger partial charge is 0.409 e. The molecule has 1 aliphatic rings.